The highest BCUT2D eigenvalue weighted by Gasteiger charge is 2.35. The van der Waals surface area contributed by atoms with Crippen molar-refractivity contribution < 1.29 is 4.39 Å². The maximum Gasteiger partial charge on any atom is 0.195 e. The van der Waals surface area contributed by atoms with E-state index in [9.17, 15) is 4.39 Å². The first-order valence-corrected chi connectivity index (χ1v) is 8.27. The Bertz CT molecular complexity index is 474. The summed E-state index contributed by atoms with van der Waals surface area (Å²) < 4.78 is 13.7. The van der Waals surface area contributed by atoms with Crippen molar-refractivity contribution in [3.8, 4) is 0 Å². The summed E-state index contributed by atoms with van der Waals surface area (Å²) in [5.74, 6) is 0.425. The summed E-state index contributed by atoms with van der Waals surface area (Å²) in [7, 11) is 0. The zero-order valence-electron chi connectivity index (χ0n) is 12.4. The highest BCUT2D eigenvalue weighted by atomic mass is 35.5. The van der Waals surface area contributed by atoms with Gasteiger partial charge < -0.3 is 10.6 Å². The Kier molecular flexibility index (Phi) is 4.65. The van der Waals surface area contributed by atoms with Crippen LogP contribution in [0.3, 0.4) is 0 Å². The predicted molar refractivity (Wildman–Crippen MR) is 85.2 cm³/mol. The first kappa shape index (κ1) is 15.0. The summed E-state index contributed by atoms with van der Waals surface area (Å²) in [4.78, 5) is 4.53. The van der Waals surface area contributed by atoms with Gasteiger partial charge in [0.2, 0.25) is 0 Å². The molecule has 3 rings (SSSR count). The van der Waals surface area contributed by atoms with Gasteiger partial charge in [-0.2, -0.15) is 0 Å². The van der Waals surface area contributed by atoms with Crippen molar-refractivity contribution in [1.82, 2.24) is 10.6 Å². The third kappa shape index (κ3) is 3.32. The molecule has 1 saturated heterocycles. The van der Waals surface area contributed by atoms with Gasteiger partial charge in [-0.05, 0) is 49.9 Å². The SMILES string of the molecule is C[C@H]1C=C(C2NCCCC2C2C=CNC(Cl)=N2)CCC1F. The van der Waals surface area contributed by atoms with Crippen molar-refractivity contribution in [2.75, 3.05) is 6.54 Å². The van der Waals surface area contributed by atoms with E-state index >= 15 is 0 Å². The third-order valence-corrected chi connectivity index (χ3v) is 5.07. The summed E-state index contributed by atoms with van der Waals surface area (Å²) in [5, 5.41) is 7.00. The number of hydrogen-bond acceptors (Lipinski definition) is 3. The van der Waals surface area contributed by atoms with E-state index in [2.05, 4.69) is 27.8 Å². The van der Waals surface area contributed by atoms with Gasteiger partial charge in [0, 0.05) is 24.1 Å². The number of aliphatic imine (C=N–C) groups is 1. The van der Waals surface area contributed by atoms with Gasteiger partial charge >= 0.3 is 0 Å². The summed E-state index contributed by atoms with van der Waals surface area (Å²) in [6.45, 7) is 3.00. The van der Waals surface area contributed by atoms with E-state index in [1.165, 1.54) is 5.57 Å². The second-order valence-electron chi connectivity index (χ2n) is 6.31. The van der Waals surface area contributed by atoms with Crippen molar-refractivity contribution in [3.05, 3.63) is 23.9 Å². The van der Waals surface area contributed by atoms with E-state index in [4.69, 9.17) is 11.6 Å². The first-order chi connectivity index (χ1) is 10.1. The van der Waals surface area contributed by atoms with E-state index in [-0.39, 0.29) is 12.0 Å². The van der Waals surface area contributed by atoms with Crippen molar-refractivity contribution in [2.24, 2.45) is 16.8 Å². The third-order valence-electron chi connectivity index (χ3n) is 4.86. The molecule has 0 aromatic carbocycles. The number of alkyl halides is 1. The quantitative estimate of drug-likeness (QED) is 0.607. The molecule has 5 atom stereocenters. The van der Waals surface area contributed by atoms with Crippen LogP contribution in [0.5, 0.6) is 0 Å². The molecule has 4 unspecified atom stereocenters. The van der Waals surface area contributed by atoms with Crippen LogP contribution in [0.15, 0.2) is 28.9 Å². The summed E-state index contributed by atoms with van der Waals surface area (Å²) in [6.07, 6.45) is 9.19. The zero-order valence-corrected chi connectivity index (χ0v) is 13.1. The Labute approximate surface area is 130 Å². The van der Waals surface area contributed by atoms with Crippen molar-refractivity contribution in [3.63, 3.8) is 0 Å². The molecule has 2 heterocycles. The highest BCUT2D eigenvalue weighted by Crippen LogP contribution is 2.34. The first-order valence-electron chi connectivity index (χ1n) is 7.89. The lowest BCUT2D eigenvalue weighted by atomic mass is 9.76. The number of rotatable bonds is 2. The van der Waals surface area contributed by atoms with Crippen LogP contribution in [0.2, 0.25) is 0 Å². The molecule has 116 valence electrons. The lowest BCUT2D eigenvalue weighted by Crippen LogP contribution is -2.48. The normalized spacial score (nSPS) is 40.2. The molecule has 0 amide bonds. The molecular weight excluding hydrogens is 289 g/mol. The molecular formula is C16H23ClFN3. The predicted octanol–water partition coefficient (Wildman–Crippen LogP) is 3.13. The van der Waals surface area contributed by atoms with Crippen LogP contribution in [0.4, 0.5) is 4.39 Å². The Balaban J connectivity index is 1.80. The van der Waals surface area contributed by atoms with Crippen LogP contribution < -0.4 is 10.6 Å². The maximum atomic E-state index is 13.7. The van der Waals surface area contributed by atoms with E-state index in [0.29, 0.717) is 23.7 Å². The molecule has 0 spiro atoms. The summed E-state index contributed by atoms with van der Waals surface area (Å²) >= 11 is 6.01. The van der Waals surface area contributed by atoms with Crippen molar-refractivity contribution in [2.45, 2.75) is 50.9 Å². The van der Waals surface area contributed by atoms with Gasteiger partial charge in [0.1, 0.15) is 6.17 Å². The molecule has 1 fully saturated rings. The number of nitrogens with one attached hydrogen (secondary N) is 2. The topological polar surface area (TPSA) is 36.4 Å². The molecule has 2 N–H and O–H groups in total. The van der Waals surface area contributed by atoms with Crippen LogP contribution in [-0.4, -0.2) is 30.1 Å². The van der Waals surface area contributed by atoms with Gasteiger partial charge in [-0.25, -0.2) is 9.38 Å². The molecule has 0 bridgehead atoms. The Morgan fingerprint density at radius 2 is 2.24 bits per heavy atom. The maximum absolute atomic E-state index is 13.7. The van der Waals surface area contributed by atoms with Crippen LogP contribution in [-0.2, 0) is 0 Å². The molecule has 0 aromatic heterocycles. The standard InChI is InChI=1S/C16H23ClFN3/c1-10-9-11(4-5-13(10)18)15-12(3-2-7-19-15)14-6-8-20-16(17)21-14/h6,8-10,12-15,19H,2-5,7H2,1H3,(H,20,21)/t10-,12?,13?,14?,15?/m0/s1. The average Bonchev–Trinajstić information content (AvgIpc) is 2.50. The van der Waals surface area contributed by atoms with E-state index < -0.39 is 6.17 Å². The van der Waals surface area contributed by atoms with Gasteiger partial charge in [0.15, 0.2) is 5.29 Å². The molecule has 3 nitrogen and oxygen atoms in total. The van der Waals surface area contributed by atoms with Gasteiger partial charge in [-0.15, -0.1) is 0 Å². The number of halogens is 2. The number of allylic oxidation sites excluding steroid dienone is 1. The average molecular weight is 312 g/mol. The fraction of sp³-hybridized carbons (Fsp3) is 0.688. The zero-order chi connectivity index (χ0) is 14.8. The van der Waals surface area contributed by atoms with Crippen LogP contribution in [0.1, 0.15) is 32.6 Å². The minimum atomic E-state index is -0.693. The Hall–Kier alpha value is -0.870. The Morgan fingerprint density at radius 1 is 1.38 bits per heavy atom. The van der Waals surface area contributed by atoms with Crippen molar-refractivity contribution >= 4 is 16.9 Å². The molecule has 21 heavy (non-hydrogen) atoms. The van der Waals surface area contributed by atoms with E-state index in [1.54, 1.807) is 0 Å². The van der Waals surface area contributed by atoms with Gasteiger partial charge in [0.05, 0.1) is 6.04 Å². The molecule has 0 saturated carbocycles. The molecule has 0 radical (unpaired) electrons. The monoisotopic (exact) mass is 311 g/mol. The fourth-order valence-electron chi connectivity index (χ4n) is 3.70. The van der Waals surface area contributed by atoms with Crippen LogP contribution in [0, 0.1) is 11.8 Å². The van der Waals surface area contributed by atoms with E-state index in [0.717, 1.165) is 25.8 Å². The van der Waals surface area contributed by atoms with E-state index in [1.807, 2.05) is 13.1 Å². The van der Waals surface area contributed by atoms with Gasteiger partial charge in [0.25, 0.3) is 0 Å². The Morgan fingerprint density at radius 3 is 3.00 bits per heavy atom. The second kappa shape index (κ2) is 6.49. The summed E-state index contributed by atoms with van der Waals surface area (Å²) in [5.41, 5.74) is 1.36. The van der Waals surface area contributed by atoms with Crippen molar-refractivity contribution in [1.29, 1.82) is 0 Å². The fourth-order valence-corrected chi connectivity index (χ4v) is 3.88. The second-order valence-corrected chi connectivity index (χ2v) is 6.67. The lowest BCUT2D eigenvalue weighted by molar-refractivity contribution is 0.228. The van der Waals surface area contributed by atoms with Crippen LogP contribution >= 0.6 is 11.6 Å². The van der Waals surface area contributed by atoms with Gasteiger partial charge in [-0.3, -0.25) is 0 Å². The minimum Gasteiger partial charge on any atom is -0.337 e. The molecule has 1 aliphatic carbocycles. The number of hydrogen-bond donors (Lipinski definition) is 2. The molecule has 5 heteroatoms. The summed E-state index contributed by atoms with van der Waals surface area (Å²) in [6, 6.07) is 0.408. The number of piperidine rings is 1. The van der Waals surface area contributed by atoms with Crippen LogP contribution in [0.25, 0.3) is 0 Å². The molecule has 0 aromatic rings. The lowest BCUT2D eigenvalue weighted by Gasteiger charge is -2.39. The molecule has 3 aliphatic rings. The smallest absolute Gasteiger partial charge is 0.195 e. The number of amidine groups is 1. The highest BCUT2D eigenvalue weighted by molar-refractivity contribution is 6.64. The molecule has 2 aliphatic heterocycles. The largest absolute Gasteiger partial charge is 0.337 e. The minimum absolute atomic E-state index is 0.0220. The number of nitrogens with zero attached hydrogens (tertiary/aromatic N) is 1. The van der Waals surface area contributed by atoms with Gasteiger partial charge in [-0.1, -0.05) is 18.6 Å².